The Morgan fingerprint density at radius 3 is 2.38 bits per heavy atom. The minimum atomic E-state index is -0.439. The highest BCUT2D eigenvalue weighted by molar-refractivity contribution is 5.85. The molecule has 158 valence electrons. The van der Waals surface area contributed by atoms with Crippen LogP contribution >= 0.6 is 12.4 Å². The predicted octanol–water partition coefficient (Wildman–Crippen LogP) is 3.98. The van der Waals surface area contributed by atoms with Gasteiger partial charge in [0.15, 0.2) is 0 Å². The number of methoxy groups -OCH3 is 2. The topological polar surface area (TPSA) is 59.6 Å². The first-order valence-corrected chi connectivity index (χ1v) is 9.83. The van der Waals surface area contributed by atoms with Crippen molar-refractivity contribution in [3.63, 3.8) is 0 Å². The fourth-order valence-electron chi connectivity index (χ4n) is 3.89. The lowest BCUT2D eigenvalue weighted by Gasteiger charge is -2.36. The molecule has 0 bridgehead atoms. The van der Waals surface area contributed by atoms with E-state index in [9.17, 15) is 4.79 Å². The van der Waals surface area contributed by atoms with Gasteiger partial charge in [0.25, 0.3) is 0 Å². The van der Waals surface area contributed by atoms with Crippen molar-refractivity contribution in [2.24, 2.45) is 5.41 Å². The highest BCUT2D eigenvalue weighted by Gasteiger charge is 2.40. The summed E-state index contributed by atoms with van der Waals surface area (Å²) in [7, 11) is 3.35. The lowest BCUT2D eigenvalue weighted by atomic mass is 9.78. The summed E-state index contributed by atoms with van der Waals surface area (Å²) in [6.07, 6.45) is 1.60. The number of nitrogens with one attached hydrogen (secondary N) is 2. The van der Waals surface area contributed by atoms with Crippen molar-refractivity contribution in [3.8, 4) is 16.9 Å². The lowest BCUT2D eigenvalue weighted by Crippen LogP contribution is -2.50. The van der Waals surface area contributed by atoms with E-state index in [1.165, 1.54) is 0 Å². The Kier molecular flexibility index (Phi) is 8.50. The Morgan fingerprint density at radius 1 is 1.10 bits per heavy atom. The average Bonchev–Trinajstić information content (AvgIpc) is 2.74. The average molecular weight is 419 g/mol. The third-order valence-electron chi connectivity index (χ3n) is 5.64. The largest absolute Gasteiger partial charge is 0.496 e. The van der Waals surface area contributed by atoms with Crippen molar-refractivity contribution in [2.45, 2.75) is 25.8 Å². The second kappa shape index (κ2) is 10.6. The number of hydrogen-bond donors (Lipinski definition) is 2. The monoisotopic (exact) mass is 418 g/mol. The van der Waals surface area contributed by atoms with Gasteiger partial charge in [0, 0.05) is 12.7 Å². The smallest absolute Gasteiger partial charge is 0.229 e. The van der Waals surface area contributed by atoms with Gasteiger partial charge in [0.2, 0.25) is 5.91 Å². The number of benzene rings is 2. The molecule has 2 aromatic carbocycles. The molecule has 2 aromatic rings. The van der Waals surface area contributed by atoms with Gasteiger partial charge in [-0.05, 0) is 50.0 Å². The van der Waals surface area contributed by atoms with Gasteiger partial charge in [-0.1, -0.05) is 42.5 Å². The van der Waals surface area contributed by atoms with Gasteiger partial charge in [0.05, 0.1) is 25.2 Å². The first kappa shape index (κ1) is 23.2. The Bertz CT molecular complexity index is 783. The summed E-state index contributed by atoms with van der Waals surface area (Å²) >= 11 is 0. The van der Waals surface area contributed by atoms with Gasteiger partial charge in [-0.3, -0.25) is 4.79 Å². The molecule has 29 heavy (non-hydrogen) atoms. The molecule has 1 unspecified atom stereocenters. The van der Waals surface area contributed by atoms with Crippen molar-refractivity contribution in [1.29, 1.82) is 0 Å². The zero-order valence-electron chi connectivity index (χ0n) is 17.4. The summed E-state index contributed by atoms with van der Waals surface area (Å²) in [5.41, 5.74) is 2.79. The Morgan fingerprint density at radius 2 is 1.76 bits per heavy atom. The first-order valence-electron chi connectivity index (χ1n) is 9.83. The predicted molar refractivity (Wildman–Crippen MR) is 119 cm³/mol. The zero-order valence-corrected chi connectivity index (χ0v) is 18.2. The molecule has 5 nitrogen and oxygen atoms in total. The molecule has 1 saturated heterocycles. The van der Waals surface area contributed by atoms with E-state index in [-0.39, 0.29) is 24.4 Å². The van der Waals surface area contributed by atoms with Crippen LogP contribution in [0.1, 0.15) is 31.4 Å². The number of para-hydroxylation sites is 1. The van der Waals surface area contributed by atoms with E-state index in [0.717, 1.165) is 48.4 Å². The van der Waals surface area contributed by atoms with Gasteiger partial charge < -0.3 is 20.1 Å². The van der Waals surface area contributed by atoms with Crippen LogP contribution in [-0.2, 0) is 9.53 Å². The van der Waals surface area contributed by atoms with Crippen molar-refractivity contribution < 1.29 is 14.3 Å². The second-order valence-corrected chi connectivity index (χ2v) is 7.48. The number of ether oxygens (including phenoxy) is 2. The molecule has 6 heteroatoms. The first-order chi connectivity index (χ1) is 13.6. The van der Waals surface area contributed by atoms with Crippen molar-refractivity contribution >= 4 is 18.3 Å². The molecule has 1 atom stereocenters. The molecule has 0 aromatic heterocycles. The molecule has 1 aliphatic rings. The van der Waals surface area contributed by atoms with Crippen LogP contribution in [0.2, 0.25) is 0 Å². The van der Waals surface area contributed by atoms with E-state index < -0.39 is 5.41 Å². The van der Waals surface area contributed by atoms with Crippen LogP contribution in [0, 0.1) is 5.41 Å². The fraction of sp³-hybridized carbons (Fsp3) is 0.435. The summed E-state index contributed by atoms with van der Waals surface area (Å²) in [5, 5.41) is 6.53. The molecule has 3 rings (SSSR count). The van der Waals surface area contributed by atoms with Crippen LogP contribution in [0.3, 0.4) is 0 Å². The van der Waals surface area contributed by atoms with Gasteiger partial charge in [0.1, 0.15) is 5.75 Å². The Hall–Kier alpha value is -2.08. The van der Waals surface area contributed by atoms with Crippen LogP contribution in [0.15, 0.2) is 48.5 Å². The summed E-state index contributed by atoms with van der Waals surface area (Å²) in [5.74, 6) is 0.932. The number of rotatable bonds is 7. The molecule has 1 aliphatic heterocycles. The van der Waals surface area contributed by atoms with E-state index in [1.807, 2.05) is 31.2 Å². The second-order valence-electron chi connectivity index (χ2n) is 7.48. The molecule has 0 spiro atoms. The molecular weight excluding hydrogens is 388 g/mol. The van der Waals surface area contributed by atoms with Crippen LogP contribution in [0.5, 0.6) is 5.75 Å². The molecule has 0 saturated carbocycles. The number of hydrogen-bond acceptors (Lipinski definition) is 4. The molecule has 1 fully saturated rings. The molecule has 0 aliphatic carbocycles. The minimum absolute atomic E-state index is 0. The summed E-state index contributed by atoms with van der Waals surface area (Å²) < 4.78 is 10.8. The molecule has 0 radical (unpaired) electrons. The molecule has 1 heterocycles. The fourth-order valence-corrected chi connectivity index (χ4v) is 3.89. The third kappa shape index (κ3) is 5.30. The van der Waals surface area contributed by atoms with Crippen LogP contribution < -0.4 is 15.4 Å². The summed E-state index contributed by atoms with van der Waals surface area (Å²) in [6.45, 7) is 4.18. The normalized spacial score (nSPS) is 16.4. The maximum absolute atomic E-state index is 13.0. The number of halogens is 1. The van der Waals surface area contributed by atoms with Crippen LogP contribution in [0.4, 0.5) is 0 Å². The van der Waals surface area contributed by atoms with E-state index in [1.54, 1.807) is 14.2 Å². The Labute approximate surface area is 179 Å². The number of piperidine rings is 1. The maximum atomic E-state index is 13.0. The SMILES string of the molecule is COCC1(C(=O)NC(C)c2ccc(-c3ccccc3OC)cc2)CCNCC1.Cl. The molecular formula is C23H31ClN2O3. The number of amides is 1. The van der Waals surface area contributed by atoms with Crippen molar-refractivity contribution in [1.82, 2.24) is 10.6 Å². The van der Waals surface area contributed by atoms with E-state index in [0.29, 0.717) is 6.61 Å². The highest BCUT2D eigenvalue weighted by atomic mass is 35.5. The quantitative estimate of drug-likeness (QED) is 0.714. The number of carbonyl (C=O) groups is 1. The van der Waals surface area contributed by atoms with E-state index in [4.69, 9.17) is 9.47 Å². The van der Waals surface area contributed by atoms with Gasteiger partial charge in [-0.2, -0.15) is 0 Å². The summed E-state index contributed by atoms with van der Waals surface area (Å²) in [6, 6.07) is 16.2. The maximum Gasteiger partial charge on any atom is 0.229 e. The number of carbonyl (C=O) groups excluding carboxylic acids is 1. The van der Waals surface area contributed by atoms with Gasteiger partial charge in [-0.25, -0.2) is 0 Å². The zero-order chi connectivity index (χ0) is 20.0. The van der Waals surface area contributed by atoms with Crippen molar-refractivity contribution in [2.75, 3.05) is 33.9 Å². The Balaban J connectivity index is 0.00000300. The summed E-state index contributed by atoms with van der Waals surface area (Å²) in [4.78, 5) is 13.0. The van der Waals surface area contributed by atoms with Gasteiger partial charge in [-0.15, -0.1) is 12.4 Å². The van der Waals surface area contributed by atoms with Crippen LogP contribution in [-0.4, -0.2) is 39.8 Å². The minimum Gasteiger partial charge on any atom is -0.496 e. The molecule has 1 amide bonds. The highest BCUT2D eigenvalue weighted by Crippen LogP contribution is 2.32. The van der Waals surface area contributed by atoms with Crippen molar-refractivity contribution in [3.05, 3.63) is 54.1 Å². The third-order valence-corrected chi connectivity index (χ3v) is 5.64. The standard InChI is InChI=1S/C23H30N2O3.ClH/c1-17(25-22(26)23(16-27-2)12-14-24-15-13-23)18-8-10-19(11-9-18)20-6-4-5-7-21(20)28-3;/h4-11,17,24H,12-16H2,1-3H3,(H,25,26);1H. The van der Waals surface area contributed by atoms with E-state index in [2.05, 4.69) is 34.9 Å². The van der Waals surface area contributed by atoms with Gasteiger partial charge >= 0.3 is 0 Å². The lowest BCUT2D eigenvalue weighted by molar-refractivity contribution is -0.136. The molecule has 2 N–H and O–H groups in total. The van der Waals surface area contributed by atoms with E-state index >= 15 is 0 Å². The van der Waals surface area contributed by atoms with Crippen LogP contribution in [0.25, 0.3) is 11.1 Å².